The first-order valence-corrected chi connectivity index (χ1v) is 19.8. The molecule has 5 rings (SSSR count). The first-order chi connectivity index (χ1) is 24.0. The summed E-state index contributed by atoms with van der Waals surface area (Å²) in [4.78, 5) is 29.8. The van der Waals surface area contributed by atoms with Crippen molar-refractivity contribution in [3.8, 4) is 0 Å². The Kier molecular flexibility index (Phi) is 12.8. The number of aromatic nitrogens is 2. The second-order valence-corrected chi connectivity index (χ2v) is 15.6. The van der Waals surface area contributed by atoms with Gasteiger partial charge in [-0.25, -0.2) is 13.4 Å². The molecule has 1 aromatic heterocycles. The highest BCUT2D eigenvalue weighted by atomic mass is 35.5. The minimum atomic E-state index is -4.04. The van der Waals surface area contributed by atoms with Gasteiger partial charge in [-0.1, -0.05) is 79.2 Å². The molecule has 0 spiro atoms. The van der Waals surface area contributed by atoms with Crippen LogP contribution >= 0.6 is 11.6 Å². The molecule has 0 unspecified atom stereocenters. The van der Waals surface area contributed by atoms with Crippen molar-refractivity contribution in [2.24, 2.45) is 0 Å². The third-order valence-corrected chi connectivity index (χ3v) is 12.2. The summed E-state index contributed by atoms with van der Waals surface area (Å²) in [6.07, 6.45) is 6.95. The minimum Gasteiger partial charge on any atom is -0.339 e. The van der Waals surface area contributed by atoms with Gasteiger partial charge in [-0.2, -0.15) is 0 Å². The van der Waals surface area contributed by atoms with Gasteiger partial charge in [-0.3, -0.25) is 9.63 Å². The summed E-state index contributed by atoms with van der Waals surface area (Å²) in [5, 5.41) is 0.0276. The molecule has 2 heterocycles. The zero-order chi connectivity index (χ0) is 35.9. The van der Waals surface area contributed by atoms with Crippen LogP contribution in [0.2, 0.25) is 5.02 Å². The van der Waals surface area contributed by atoms with Crippen molar-refractivity contribution in [3.63, 3.8) is 0 Å². The molecule has 0 saturated carbocycles. The van der Waals surface area contributed by atoms with E-state index >= 15 is 0 Å². The Labute approximate surface area is 303 Å². The number of halogens is 1. The van der Waals surface area contributed by atoms with Crippen LogP contribution in [0.15, 0.2) is 77.7 Å². The largest absolute Gasteiger partial charge is 0.339 e. The fraction of sp³-hybridized carbons (Fsp3) is 0.487. The molecule has 50 heavy (non-hydrogen) atoms. The zero-order valence-corrected chi connectivity index (χ0v) is 31.6. The lowest BCUT2D eigenvalue weighted by Gasteiger charge is -2.44. The van der Waals surface area contributed by atoms with Gasteiger partial charge in [-0.05, 0) is 107 Å². The van der Waals surface area contributed by atoms with E-state index in [9.17, 15) is 13.2 Å². The van der Waals surface area contributed by atoms with Gasteiger partial charge in [-0.15, -0.1) is 0 Å². The molecule has 1 fully saturated rings. The number of likely N-dealkylation sites (tertiary alicyclic amines) is 1. The van der Waals surface area contributed by atoms with Crippen LogP contribution in [0, 0.1) is 6.92 Å². The fourth-order valence-corrected chi connectivity index (χ4v) is 9.03. The molecule has 1 aliphatic heterocycles. The van der Waals surface area contributed by atoms with Crippen LogP contribution in [0.1, 0.15) is 93.5 Å². The predicted molar refractivity (Wildman–Crippen MR) is 201 cm³/mol. The topological polar surface area (TPSA) is 96.8 Å². The number of amides is 1. The second kappa shape index (κ2) is 16.8. The van der Waals surface area contributed by atoms with Crippen LogP contribution in [-0.2, 0) is 20.3 Å². The van der Waals surface area contributed by atoms with Crippen molar-refractivity contribution < 1.29 is 18.0 Å². The van der Waals surface area contributed by atoms with Gasteiger partial charge < -0.3 is 14.4 Å². The average molecular weight is 722 g/mol. The van der Waals surface area contributed by atoms with Crippen LogP contribution in [-0.4, -0.2) is 73.0 Å². The van der Waals surface area contributed by atoms with Crippen LogP contribution in [0.25, 0.3) is 11.0 Å². The lowest BCUT2D eigenvalue weighted by atomic mass is 9.70. The van der Waals surface area contributed by atoms with Crippen molar-refractivity contribution in [2.45, 2.75) is 95.0 Å². The number of carbonyl (C=O) groups is 1. The monoisotopic (exact) mass is 721 g/mol. The molecular formula is C39H52ClN5O4S. The Morgan fingerprint density at radius 3 is 2.42 bits per heavy atom. The smallest absolute Gasteiger partial charge is 0.263 e. The maximum absolute atomic E-state index is 13.7. The van der Waals surface area contributed by atoms with Gasteiger partial charge in [0.15, 0.2) is 0 Å². The van der Waals surface area contributed by atoms with Crippen LogP contribution < -0.4 is 4.89 Å². The molecule has 1 aliphatic rings. The van der Waals surface area contributed by atoms with E-state index in [0.29, 0.717) is 25.2 Å². The number of imidazole rings is 1. The summed E-state index contributed by atoms with van der Waals surface area (Å²) in [6.45, 7) is 10.6. The number of carbonyl (C=O) groups excluding carboxylic acids is 1. The number of hydrogen-bond donors (Lipinski definition) is 1. The van der Waals surface area contributed by atoms with Crippen LogP contribution in [0.5, 0.6) is 0 Å². The number of fused-ring (bicyclic) bond motifs is 1. The van der Waals surface area contributed by atoms with Crippen molar-refractivity contribution in [3.05, 3.63) is 94.8 Å². The van der Waals surface area contributed by atoms with Gasteiger partial charge in [0, 0.05) is 30.7 Å². The number of hydrogen-bond acceptors (Lipinski definition) is 6. The van der Waals surface area contributed by atoms with Crippen LogP contribution in [0.3, 0.4) is 0 Å². The van der Waals surface area contributed by atoms with E-state index in [4.69, 9.17) is 21.4 Å². The first kappa shape index (κ1) is 38.0. The predicted octanol–water partition coefficient (Wildman–Crippen LogP) is 7.93. The van der Waals surface area contributed by atoms with E-state index in [1.165, 1.54) is 23.2 Å². The Hall–Kier alpha value is -3.28. The molecule has 0 radical (unpaired) electrons. The summed E-state index contributed by atoms with van der Waals surface area (Å²) in [5.41, 5.74) is 3.77. The summed E-state index contributed by atoms with van der Waals surface area (Å²) >= 11 is 6.24. The van der Waals surface area contributed by atoms with Gasteiger partial charge in [0.2, 0.25) is 0 Å². The van der Waals surface area contributed by atoms with Gasteiger partial charge >= 0.3 is 0 Å². The molecule has 1 saturated heterocycles. The minimum absolute atomic E-state index is 0.0276. The maximum Gasteiger partial charge on any atom is 0.263 e. The van der Waals surface area contributed by atoms with E-state index in [-0.39, 0.29) is 33.4 Å². The molecule has 3 aromatic carbocycles. The van der Waals surface area contributed by atoms with Crippen molar-refractivity contribution in [1.29, 1.82) is 0 Å². The van der Waals surface area contributed by atoms with E-state index in [2.05, 4.69) is 96.8 Å². The number of aryl methyl sites for hydroxylation is 1. The van der Waals surface area contributed by atoms with E-state index in [1.807, 2.05) is 4.90 Å². The first-order valence-electron chi connectivity index (χ1n) is 17.9. The van der Waals surface area contributed by atoms with Crippen molar-refractivity contribution >= 4 is 38.6 Å². The lowest BCUT2D eigenvalue weighted by Crippen LogP contribution is -2.47. The summed E-state index contributed by atoms with van der Waals surface area (Å²) in [7, 11) is -1.77. The Balaban J connectivity index is 1.31. The normalized spacial score (nSPS) is 16.2. The molecule has 1 amide bonds. The number of benzene rings is 3. The number of rotatable bonds is 16. The molecule has 270 valence electrons. The summed E-state index contributed by atoms with van der Waals surface area (Å²) < 4.78 is 28.0. The quantitative estimate of drug-likeness (QED) is 0.118. The SMILES string of the molecule is CCC[C@@H](C[C@H](CC)n1c(C)nc2ccccc21)N(C)CCC1(c2ccccc2)CCN(C(=O)c2ccc(Cl)c(S(=O)(=O)NOCC)c2)CC1. The number of piperidine rings is 1. The lowest BCUT2D eigenvalue weighted by molar-refractivity contribution is 0.0643. The Morgan fingerprint density at radius 1 is 1.04 bits per heavy atom. The molecule has 1 N–H and O–H groups in total. The molecule has 9 nitrogen and oxygen atoms in total. The number of nitrogens with zero attached hydrogens (tertiary/aromatic N) is 4. The molecule has 0 bridgehead atoms. The fourth-order valence-electron chi connectivity index (χ4n) is 7.64. The second-order valence-electron chi connectivity index (χ2n) is 13.6. The van der Waals surface area contributed by atoms with E-state index < -0.39 is 10.0 Å². The molecule has 11 heteroatoms. The summed E-state index contributed by atoms with van der Waals surface area (Å²) in [6, 6.07) is 24.3. The van der Waals surface area contributed by atoms with Crippen LogP contribution in [0.4, 0.5) is 0 Å². The zero-order valence-electron chi connectivity index (χ0n) is 30.1. The van der Waals surface area contributed by atoms with Crippen molar-refractivity contribution in [2.75, 3.05) is 33.3 Å². The highest BCUT2D eigenvalue weighted by molar-refractivity contribution is 7.89. The number of nitrogens with one attached hydrogen (secondary N) is 1. The standard InChI is InChI=1S/C39H52ClN5O4S/c1-6-14-33(28-32(7-2)45-29(4)41-35-17-12-13-18-36(35)45)43(5)24-21-39(31-15-10-9-11-16-31)22-25-44(26-23-39)38(46)30-19-20-34(40)37(27-30)50(47,48)42-49-8-3/h9-13,15-20,27,32-33,42H,6-8,14,21-26,28H2,1-5H3/t32-,33-/m0/s1. The number of sulfonamides is 1. The van der Waals surface area contributed by atoms with E-state index in [0.717, 1.165) is 62.8 Å². The van der Waals surface area contributed by atoms with Gasteiger partial charge in [0.25, 0.3) is 15.9 Å². The highest BCUT2D eigenvalue weighted by Crippen LogP contribution is 2.40. The maximum atomic E-state index is 13.7. The van der Waals surface area contributed by atoms with Gasteiger partial charge in [0.05, 0.1) is 22.7 Å². The highest BCUT2D eigenvalue weighted by Gasteiger charge is 2.38. The Bertz CT molecular complexity index is 1840. The third-order valence-electron chi connectivity index (χ3n) is 10.5. The van der Waals surface area contributed by atoms with Gasteiger partial charge in [0.1, 0.15) is 10.7 Å². The van der Waals surface area contributed by atoms with E-state index in [1.54, 1.807) is 13.0 Å². The average Bonchev–Trinajstić information content (AvgIpc) is 3.47. The summed E-state index contributed by atoms with van der Waals surface area (Å²) in [5.74, 6) is 0.864. The molecular weight excluding hydrogens is 670 g/mol. The third kappa shape index (κ3) is 8.43. The molecule has 4 aromatic rings. The molecule has 0 aliphatic carbocycles. The van der Waals surface area contributed by atoms with Crippen molar-refractivity contribution in [1.82, 2.24) is 24.2 Å². The molecule has 2 atom stereocenters. The Morgan fingerprint density at radius 2 is 1.74 bits per heavy atom. The number of para-hydroxylation sites is 2.